The fraction of sp³-hybridized carbons (Fsp3) is 0.381. The number of methoxy groups -OCH3 is 1. The van der Waals surface area contributed by atoms with E-state index in [1.54, 1.807) is 19.4 Å². The Bertz CT molecular complexity index is 777. The minimum absolute atomic E-state index is 0.0640. The maximum absolute atomic E-state index is 12.5. The van der Waals surface area contributed by atoms with Crippen LogP contribution in [0.1, 0.15) is 51.9 Å². The van der Waals surface area contributed by atoms with Crippen molar-refractivity contribution in [2.75, 3.05) is 7.11 Å². The highest BCUT2D eigenvalue weighted by molar-refractivity contribution is 5.99. The van der Waals surface area contributed by atoms with Gasteiger partial charge in [0, 0.05) is 37.2 Å². The molecule has 138 valence electrons. The molecule has 1 amide bonds. The lowest BCUT2D eigenvalue weighted by molar-refractivity contribution is -0.121. The van der Waals surface area contributed by atoms with Crippen LogP contribution in [0.5, 0.6) is 5.88 Å². The molecule has 0 aliphatic heterocycles. The second-order valence-electron chi connectivity index (χ2n) is 6.53. The number of nitrogens with one attached hydrogen (secondary N) is 1. The quantitative estimate of drug-likeness (QED) is 0.734. The Labute approximate surface area is 154 Å². The molecule has 1 N–H and O–H groups in total. The predicted molar refractivity (Wildman–Crippen MR) is 101 cm³/mol. The Morgan fingerprint density at radius 3 is 2.42 bits per heavy atom. The van der Waals surface area contributed by atoms with Crippen LogP contribution in [-0.2, 0) is 11.3 Å². The standard InChI is InChI=1S/C21H26N2O3/c1-14-10-15(2)21(16(3)11-14)18(24)6-5-7-19(25)23-13-17-8-9-22-20(12-17)26-4/h8-12H,5-7,13H2,1-4H3,(H,23,25). The van der Waals surface area contributed by atoms with Crippen LogP contribution in [-0.4, -0.2) is 23.8 Å². The van der Waals surface area contributed by atoms with Crippen molar-refractivity contribution in [1.29, 1.82) is 0 Å². The number of nitrogens with zero attached hydrogens (tertiary/aromatic N) is 1. The van der Waals surface area contributed by atoms with Crippen molar-refractivity contribution in [1.82, 2.24) is 10.3 Å². The van der Waals surface area contributed by atoms with Gasteiger partial charge in [-0.3, -0.25) is 9.59 Å². The molecule has 26 heavy (non-hydrogen) atoms. The van der Waals surface area contributed by atoms with Crippen LogP contribution >= 0.6 is 0 Å². The van der Waals surface area contributed by atoms with Crippen LogP contribution in [0, 0.1) is 20.8 Å². The van der Waals surface area contributed by atoms with Gasteiger partial charge < -0.3 is 10.1 Å². The van der Waals surface area contributed by atoms with Crippen molar-refractivity contribution in [2.45, 2.75) is 46.6 Å². The molecule has 0 aliphatic carbocycles. The number of pyridine rings is 1. The first kappa shape index (κ1) is 19.6. The van der Waals surface area contributed by atoms with Crippen LogP contribution in [0.25, 0.3) is 0 Å². The van der Waals surface area contributed by atoms with Crippen LogP contribution in [0.3, 0.4) is 0 Å². The van der Waals surface area contributed by atoms with E-state index in [2.05, 4.69) is 10.3 Å². The third-order valence-corrected chi connectivity index (χ3v) is 4.26. The maximum Gasteiger partial charge on any atom is 0.220 e. The number of ether oxygens (including phenoxy) is 1. The van der Waals surface area contributed by atoms with Gasteiger partial charge in [-0.2, -0.15) is 0 Å². The van der Waals surface area contributed by atoms with E-state index in [4.69, 9.17) is 4.74 Å². The first-order valence-corrected chi connectivity index (χ1v) is 8.77. The predicted octanol–water partition coefficient (Wildman–Crippen LogP) is 3.68. The molecule has 0 aliphatic rings. The van der Waals surface area contributed by atoms with E-state index >= 15 is 0 Å². The summed E-state index contributed by atoms with van der Waals surface area (Å²) in [6, 6.07) is 7.66. The molecule has 1 aromatic carbocycles. The van der Waals surface area contributed by atoms with Gasteiger partial charge in [0.05, 0.1) is 7.11 Å². The second kappa shape index (κ2) is 9.13. The van der Waals surface area contributed by atoms with E-state index in [-0.39, 0.29) is 11.7 Å². The molecule has 0 spiro atoms. The summed E-state index contributed by atoms with van der Waals surface area (Å²) < 4.78 is 5.06. The van der Waals surface area contributed by atoms with Crippen molar-refractivity contribution in [3.63, 3.8) is 0 Å². The summed E-state index contributed by atoms with van der Waals surface area (Å²) in [4.78, 5) is 28.5. The molecule has 0 unspecified atom stereocenters. The zero-order chi connectivity index (χ0) is 19.1. The number of Topliss-reactive ketones (excluding diaryl/α,β-unsaturated/α-hetero) is 1. The van der Waals surface area contributed by atoms with Gasteiger partial charge in [0.1, 0.15) is 0 Å². The molecule has 0 fully saturated rings. The average molecular weight is 354 g/mol. The van der Waals surface area contributed by atoms with Crippen LogP contribution in [0.4, 0.5) is 0 Å². The van der Waals surface area contributed by atoms with Gasteiger partial charge in [0.25, 0.3) is 0 Å². The van der Waals surface area contributed by atoms with Crippen molar-refractivity contribution < 1.29 is 14.3 Å². The fourth-order valence-corrected chi connectivity index (χ4v) is 3.12. The van der Waals surface area contributed by atoms with E-state index in [0.717, 1.165) is 27.8 Å². The Morgan fingerprint density at radius 1 is 1.08 bits per heavy atom. The van der Waals surface area contributed by atoms with Crippen molar-refractivity contribution in [3.05, 3.63) is 58.3 Å². The third kappa shape index (κ3) is 5.41. The summed E-state index contributed by atoms with van der Waals surface area (Å²) in [5.74, 6) is 0.559. The molecule has 1 aromatic heterocycles. The first-order valence-electron chi connectivity index (χ1n) is 8.77. The zero-order valence-corrected chi connectivity index (χ0v) is 15.9. The molecule has 1 heterocycles. The summed E-state index contributed by atoms with van der Waals surface area (Å²) in [6.45, 7) is 6.37. The minimum Gasteiger partial charge on any atom is -0.481 e. The largest absolute Gasteiger partial charge is 0.481 e. The Kier molecular flexibility index (Phi) is 6.89. The topological polar surface area (TPSA) is 68.3 Å². The molecule has 2 aromatic rings. The summed E-state index contributed by atoms with van der Waals surface area (Å²) in [7, 11) is 1.55. The monoisotopic (exact) mass is 354 g/mol. The lowest BCUT2D eigenvalue weighted by atomic mass is 9.94. The normalized spacial score (nSPS) is 10.5. The number of rotatable bonds is 8. The molecule has 5 nitrogen and oxygen atoms in total. The SMILES string of the molecule is COc1cc(CNC(=O)CCCC(=O)c2c(C)cc(C)cc2C)ccn1. The maximum atomic E-state index is 12.5. The summed E-state index contributed by atoms with van der Waals surface area (Å²) in [6.07, 6.45) is 2.89. The Balaban J connectivity index is 1.80. The second-order valence-corrected chi connectivity index (χ2v) is 6.53. The van der Waals surface area contributed by atoms with Gasteiger partial charge in [0.15, 0.2) is 5.78 Å². The summed E-state index contributed by atoms with van der Waals surface area (Å²) >= 11 is 0. The molecular formula is C21H26N2O3. The minimum atomic E-state index is -0.0640. The lowest BCUT2D eigenvalue weighted by Gasteiger charge is -2.10. The highest BCUT2D eigenvalue weighted by Crippen LogP contribution is 2.19. The molecule has 0 radical (unpaired) electrons. The van der Waals surface area contributed by atoms with Gasteiger partial charge >= 0.3 is 0 Å². The van der Waals surface area contributed by atoms with Crippen molar-refractivity contribution >= 4 is 11.7 Å². The number of carbonyl (C=O) groups is 2. The van der Waals surface area contributed by atoms with E-state index in [0.29, 0.717) is 31.7 Å². The smallest absolute Gasteiger partial charge is 0.220 e. The number of aromatic nitrogens is 1. The van der Waals surface area contributed by atoms with Gasteiger partial charge in [-0.15, -0.1) is 0 Å². The zero-order valence-electron chi connectivity index (χ0n) is 15.9. The van der Waals surface area contributed by atoms with E-state index < -0.39 is 0 Å². The molecule has 5 heteroatoms. The molecule has 2 rings (SSSR count). The molecule has 0 bridgehead atoms. The number of amides is 1. The number of ketones is 1. The number of hydrogen-bond donors (Lipinski definition) is 1. The van der Waals surface area contributed by atoms with Gasteiger partial charge in [0.2, 0.25) is 11.8 Å². The average Bonchev–Trinajstić information content (AvgIpc) is 2.59. The van der Waals surface area contributed by atoms with Crippen molar-refractivity contribution in [3.8, 4) is 5.88 Å². The van der Waals surface area contributed by atoms with Crippen LogP contribution in [0.2, 0.25) is 0 Å². The highest BCUT2D eigenvalue weighted by atomic mass is 16.5. The Morgan fingerprint density at radius 2 is 1.77 bits per heavy atom. The van der Waals surface area contributed by atoms with Gasteiger partial charge in [-0.05, 0) is 49.9 Å². The van der Waals surface area contributed by atoms with Crippen LogP contribution in [0.15, 0.2) is 30.5 Å². The summed E-state index contributed by atoms with van der Waals surface area (Å²) in [5.41, 5.74) is 4.88. The van der Waals surface area contributed by atoms with Crippen LogP contribution < -0.4 is 10.1 Å². The lowest BCUT2D eigenvalue weighted by Crippen LogP contribution is -2.22. The first-order chi connectivity index (χ1) is 12.4. The third-order valence-electron chi connectivity index (χ3n) is 4.26. The highest BCUT2D eigenvalue weighted by Gasteiger charge is 2.13. The Hall–Kier alpha value is -2.69. The van der Waals surface area contributed by atoms with E-state index in [9.17, 15) is 9.59 Å². The molecule has 0 saturated heterocycles. The summed E-state index contributed by atoms with van der Waals surface area (Å²) in [5, 5.41) is 2.86. The number of benzene rings is 1. The number of carbonyl (C=O) groups excluding carboxylic acids is 2. The van der Waals surface area contributed by atoms with E-state index in [1.165, 1.54) is 0 Å². The number of hydrogen-bond acceptors (Lipinski definition) is 4. The molecule has 0 saturated carbocycles. The van der Waals surface area contributed by atoms with Crippen molar-refractivity contribution in [2.24, 2.45) is 0 Å². The van der Waals surface area contributed by atoms with E-state index in [1.807, 2.05) is 39.0 Å². The van der Waals surface area contributed by atoms with Gasteiger partial charge in [-0.1, -0.05) is 17.7 Å². The number of aryl methyl sites for hydroxylation is 3. The fourth-order valence-electron chi connectivity index (χ4n) is 3.12. The van der Waals surface area contributed by atoms with Gasteiger partial charge in [-0.25, -0.2) is 4.98 Å². The molecular weight excluding hydrogens is 328 g/mol. The molecule has 0 atom stereocenters.